The molecule has 1 aliphatic heterocycles. The highest BCUT2D eigenvalue weighted by atomic mass is 15.3. The molecule has 2 aromatic rings. The van der Waals surface area contributed by atoms with Crippen LogP contribution in [0.25, 0.3) is 0 Å². The summed E-state index contributed by atoms with van der Waals surface area (Å²) in [5, 5.41) is 0. The molecule has 0 radical (unpaired) electrons. The zero-order valence-electron chi connectivity index (χ0n) is 14.4. The molecule has 0 spiro atoms. The van der Waals surface area contributed by atoms with Crippen LogP contribution in [-0.4, -0.2) is 36.1 Å². The maximum Gasteiger partial charge on any atom is 0.225 e. The van der Waals surface area contributed by atoms with Crippen molar-refractivity contribution in [3.05, 3.63) is 48.3 Å². The summed E-state index contributed by atoms with van der Waals surface area (Å²) in [5.74, 6) is 0.845. The third-order valence-electron chi connectivity index (χ3n) is 4.43. The molecule has 0 saturated carbocycles. The van der Waals surface area contributed by atoms with Crippen molar-refractivity contribution in [3.8, 4) is 0 Å². The first-order chi connectivity index (χ1) is 11.0. The van der Waals surface area contributed by atoms with Gasteiger partial charge in [-0.15, -0.1) is 0 Å². The summed E-state index contributed by atoms with van der Waals surface area (Å²) in [4.78, 5) is 13.5. The van der Waals surface area contributed by atoms with E-state index in [1.54, 1.807) is 0 Å². The quantitative estimate of drug-likeness (QED) is 0.850. The number of anilines is 2. The van der Waals surface area contributed by atoms with Gasteiger partial charge in [-0.25, -0.2) is 9.97 Å². The minimum Gasteiger partial charge on any atom is -0.370 e. The van der Waals surface area contributed by atoms with Crippen LogP contribution < -0.4 is 9.80 Å². The van der Waals surface area contributed by atoms with Gasteiger partial charge in [-0.1, -0.05) is 32.9 Å². The average Bonchev–Trinajstić information content (AvgIpc) is 2.81. The van der Waals surface area contributed by atoms with Gasteiger partial charge in [0.25, 0.3) is 0 Å². The van der Waals surface area contributed by atoms with Crippen LogP contribution in [0.3, 0.4) is 0 Å². The molecule has 1 fully saturated rings. The maximum absolute atomic E-state index is 4.38. The van der Waals surface area contributed by atoms with Gasteiger partial charge in [-0.05, 0) is 35.6 Å². The van der Waals surface area contributed by atoms with Gasteiger partial charge in [0.1, 0.15) is 0 Å². The van der Waals surface area contributed by atoms with Crippen LogP contribution in [0.15, 0.2) is 42.7 Å². The third kappa shape index (κ3) is 3.81. The smallest absolute Gasteiger partial charge is 0.225 e. The number of nitrogens with zero attached hydrogens (tertiary/aromatic N) is 4. The topological polar surface area (TPSA) is 32.3 Å². The molecule has 4 heteroatoms. The normalized spacial score (nSPS) is 16.3. The fourth-order valence-corrected chi connectivity index (χ4v) is 3.00. The van der Waals surface area contributed by atoms with Gasteiger partial charge in [0.2, 0.25) is 5.95 Å². The molecule has 0 bridgehead atoms. The number of hydrogen-bond acceptors (Lipinski definition) is 4. The molecule has 1 aliphatic rings. The Morgan fingerprint density at radius 1 is 0.826 bits per heavy atom. The molecule has 0 unspecified atom stereocenters. The predicted octanol–water partition coefficient (Wildman–Crippen LogP) is 3.49. The van der Waals surface area contributed by atoms with Crippen molar-refractivity contribution in [1.29, 1.82) is 0 Å². The van der Waals surface area contributed by atoms with Crippen molar-refractivity contribution < 1.29 is 0 Å². The Morgan fingerprint density at radius 2 is 1.43 bits per heavy atom. The van der Waals surface area contributed by atoms with Crippen LogP contribution in [0, 0.1) is 0 Å². The third-order valence-corrected chi connectivity index (χ3v) is 4.43. The zero-order chi connectivity index (χ0) is 16.3. The van der Waals surface area contributed by atoms with Crippen molar-refractivity contribution in [2.75, 3.05) is 36.0 Å². The second-order valence-corrected chi connectivity index (χ2v) is 7.17. The van der Waals surface area contributed by atoms with Crippen LogP contribution in [0.5, 0.6) is 0 Å². The minimum atomic E-state index is 0.207. The lowest BCUT2D eigenvalue weighted by atomic mass is 9.87. The lowest BCUT2D eigenvalue weighted by Gasteiger charge is -2.25. The van der Waals surface area contributed by atoms with Crippen molar-refractivity contribution >= 4 is 11.6 Å². The monoisotopic (exact) mass is 310 g/mol. The molecule has 4 nitrogen and oxygen atoms in total. The predicted molar refractivity (Wildman–Crippen MR) is 96.2 cm³/mol. The Balaban J connectivity index is 1.68. The molecular formula is C19H26N4. The standard InChI is InChI=1S/C19H26N4/c1-19(2,3)16-6-8-17(9-7-16)22-12-5-13-23(15-14-22)18-20-10-4-11-21-18/h4,6-11H,5,12-15H2,1-3H3. The van der Waals surface area contributed by atoms with Gasteiger partial charge in [-0.2, -0.15) is 0 Å². The molecule has 1 saturated heterocycles. The molecular weight excluding hydrogens is 284 g/mol. The first-order valence-corrected chi connectivity index (χ1v) is 8.41. The number of aromatic nitrogens is 2. The first-order valence-electron chi connectivity index (χ1n) is 8.41. The van der Waals surface area contributed by atoms with Crippen molar-refractivity contribution in [3.63, 3.8) is 0 Å². The fraction of sp³-hybridized carbons (Fsp3) is 0.474. The molecule has 0 atom stereocenters. The van der Waals surface area contributed by atoms with E-state index in [0.717, 1.165) is 38.5 Å². The van der Waals surface area contributed by atoms with Crippen LogP contribution >= 0.6 is 0 Å². The molecule has 1 aromatic carbocycles. The average molecular weight is 310 g/mol. The van der Waals surface area contributed by atoms with Crippen LogP contribution in [0.1, 0.15) is 32.8 Å². The second-order valence-electron chi connectivity index (χ2n) is 7.17. The summed E-state index contributed by atoms with van der Waals surface area (Å²) < 4.78 is 0. The molecule has 2 heterocycles. The summed E-state index contributed by atoms with van der Waals surface area (Å²) in [7, 11) is 0. The van der Waals surface area contributed by atoms with E-state index in [0.29, 0.717) is 0 Å². The molecule has 1 aromatic heterocycles. The van der Waals surface area contributed by atoms with E-state index in [1.165, 1.54) is 11.3 Å². The van der Waals surface area contributed by atoms with Crippen molar-refractivity contribution in [2.24, 2.45) is 0 Å². The highest BCUT2D eigenvalue weighted by Crippen LogP contribution is 2.25. The first kappa shape index (κ1) is 15.8. The number of rotatable bonds is 2. The Bertz CT molecular complexity index is 616. The van der Waals surface area contributed by atoms with Gasteiger partial charge in [0, 0.05) is 44.3 Å². The Kier molecular flexibility index (Phi) is 4.51. The van der Waals surface area contributed by atoms with E-state index < -0.39 is 0 Å². The minimum absolute atomic E-state index is 0.207. The molecule has 0 aliphatic carbocycles. The number of benzene rings is 1. The lowest BCUT2D eigenvalue weighted by Crippen LogP contribution is -2.31. The van der Waals surface area contributed by atoms with Gasteiger partial charge in [0.15, 0.2) is 0 Å². The Labute approximate surface area is 139 Å². The van der Waals surface area contributed by atoms with E-state index in [2.05, 4.69) is 64.8 Å². The van der Waals surface area contributed by atoms with Crippen LogP contribution in [0.4, 0.5) is 11.6 Å². The van der Waals surface area contributed by atoms with Gasteiger partial charge in [0.05, 0.1) is 0 Å². The van der Waals surface area contributed by atoms with Gasteiger partial charge in [-0.3, -0.25) is 0 Å². The van der Waals surface area contributed by atoms with E-state index in [4.69, 9.17) is 0 Å². The summed E-state index contributed by atoms with van der Waals surface area (Å²) in [6.45, 7) is 10.8. The van der Waals surface area contributed by atoms with Crippen LogP contribution in [0.2, 0.25) is 0 Å². The van der Waals surface area contributed by atoms with E-state index in [-0.39, 0.29) is 5.41 Å². The van der Waals surface area contributed by atoms with E-state index in [1.807, 2.05) is 18.5 Å². The molecule has 3 rings (SSSR count). The highest BCUT2D eigenvalue weighted by Gasteiger charge is 2.18. The summed E-state index contributed by atoms with van der Waals surface area (Å²) in [5.41, 5.74) is 2.91. The molecule has 0 amide bonds. The fourth-order valence-electron chi connectivity index (χ4n) is 3.00. The summed E-state index contributed by atoms with van der Waals surface area (Å²) in [6.07, 6.45) is 4.76. The number of hydrogen-bond donors (Lipinski definition) is 0. The Morgan fingerprint density at radius 3 is 2.09 bits per heavy atom. The molecule has 0 N–H and O–H groups in total. The zero-order valence-corrected chi connectivity index (χ0v) is 14.4. The summed E-state index contributed by atoms with van der Waals surface area (Å²) >= 11 is 0. The van der Waals surface area contributed by atoms with Crippen LogP contribution in [-0.2, 0) is 5.41 Å². The molecule has 122 valence electrons. The van der Waals surface area contributed by atoms with E-state index >= 15 is 0 Å². The highest BCUT2D eigenvalue weighted by molar-refractivity contribution is 5.49. The van der Waals surface area contributed by atoms with Crippen molar-refractivity contribution in [1.82, 2.24) is 9.97 Å². The summed E-state index contributed by atoms with van der Waals surface area (Å²) in [6, 6.07) is 10.9. The van der Waals surface area contributed by atoms with Crippen molar-refractivity contribution in [2.45, 2.75) is 32.6 Å². The second kappa shape index (κ2) is 6.57. The van der Waals surface area contributed by atoms with Gasteiger partial charge >= 0.3 is 0 Å². The lowest BCUT2D eigenvalue weighted by molar-refractivity contribution is 0.590. The van der Waals surface area contributed by atoms with Gasteiger partial charge < -0.3 is 9.80 Å². The largest absolute Gasteiger partial charge is 0.370 e. The van der Waals surface area contributed by atoms with E-state index in [9.17, 15) is 0 Å². The Hall–Kier alpha value is -2.10. The SMILES string of the molecule is CC(C)(C)c1ccc(N2CCCN(c3ncccn3)CC2)cc1. The maximum atomic E-state index is 4.38. The molecule has 23 heavy (non-hydrogen) atoms.